The van der Waals surface area contributed by atoms with Crippen LogP contribution in [-0.4, -0.2) is 34.5 Å². The van der Waals surface area contributed by atoms with Gasteiger partial charge in [-0.25, -0.2) is 0 Å². The number of fused-ring (bicyclic) bond motifs is 2. The average molecular weight is 263 g/mol. The molecule has 5 unspecified atom stereocenters. The molecule has 19 heavy (non-hydrogen) atoms. The summed E-state index contributed by atoms with van der Waals surface area (Å²) in [5, 5.41) is 9.42. The number of carboxylic acids is 1. The number of likely N-dealkylation sites (tertiary alicyclic amines) is 1. The number of rotatable bonds is 3. The van der Waals surface area contributed by atoms with Gasteiger partial charge in [-0.3, -0.25) is 9.59 Å². The first-order chi connectivity index (χ1) is 9.13. The van der Waals surface area contributed by atoms with Crippen LogP contribution in [0.5, 0.6) is 0 Å². The Balaban J connectivity index is 1.83. The molecule has 0 aromatic carbocycles. The minimum absolute atomic E-state index is 0.0686. The highest BCUT2D eigenvalue weighted by Crippen LogP contribution is 2.49. The summed E-state index contributed by atoms with van der Waals surface area (Å²) >= 11 is 0. The highest BCUT2D eigenvalue weighted by atomic mass is 16.4. The highest BCUT2D eigenvalue weighted by Gasteiger charge is 2.53. The zero-order valence-corrected chi connectivity index (χ0v) is 11.3. The molecule has 2 aliphatic carbocycles. The lowest BCUT2D eigenvalue weighted by Gasteiger charge is -2.31. The van der Waals surface area contributed by atoms with Crippen LogP contribution >= 0.6 is 0 Å². The predicted octanol–water partition coefficient (Wildman–Crippen LogP) is 1.91. The minimum atomic E-state index is -0.803. The SMILES string of the molecule is CCC1CCCN1C(=O)C1C2C=CC(C2)C1C(=O)O. The molecule has 0 spiro atoms. The van der Waals surface area contributed by atoms with Gasteiger partial charge in [0.15, 0.2) is 0 Å². The van der Waals surface area contributed by atoms with E-state index in [0.717, 1.165) is 32.2 Å². The number of hydrogen-bond donors (Lipinski definition) is 1. The van der Waals surface area contributed by atoms with Crippen molar-refractivity contribution in [3.63, 3.8) is 0 Å². The van der Waals surface area contributed by atoms with Gasteiger partial charge in [0, 0.05) is 12.6 Å². The lowest BCUT2D eigenvalue weighted by Crippen LogP contribution is -2.44. The molecule has 1 amide bonds. The van der Waals surface area contributed by atoms with E-state index in [1.165, 1.54) is 0 Å². The molecule has 1 saturated carbocycles. The summed E-state index contributed by atoms with van der Waals surface area (Å²) in [6, 6.07) is 0.324. The summed E-state index contributed by atoms with van der Waals surface area (Å²) in [7, 11) is 0. The molecule has 1 aliphatic heterocycles. The third-order valence-corrected chi connectivity index (χ3v) is 5.16. The van der Waals surface area contributed by atoms with Gasteiger partial charge in [-0.05, 0) is 37.5 Å². The normalized spacial score (nSPS) is 40.1. The second kappa shape index (κ2) is 4.66. The number of carbonyl (C=O) groups excluding carboxylic acids is 1. The molecule has 2 bridgehead atoms. The molecule has 0 aromatic rings. The van der Waals surface area contributed by atoms with E-state index in [2.05, 4.69) is 13.0 Å². The summed E-state index contributed by atoms with van der Waals surface area (Å²) in [5.41, 5.74) is 0. The third-order valence-electron chi connectivity index (χ3n) is 5.16. The number of amides is 1. The Hall–Kier alpha value is -1.32. The number of hydrogen-bond acceptors (Lipinski definition) is 2. The molecule has 0 radical (unpaired) electrons. The quantitative estimate of drug-likeness (QED) is 0.791. The second-order valence-electron chi connectivity index (χ2n) is 6.07. The van der Waals surface area contributed by atoms with Crippen LogP contribution in [0.1, 0.15) is 32.6 Å². The Bertz CT molecular complexity index is 431. The van der Waals surface area contributed by atoms with Crippen molar-refractivity contribution in [2.45, 2.75) is 38.6 Å². The summed E-state index contributed by atoms with van der Waals surface area (Å²) in [6.45, 7) is 2.91. The maximum atomic E-state index is 12.8. The van der Waals surface area contributed by atoms with Crippen molar-refractivity contribution in [1.82, 2.24) is 4.90 Å². The van der Waals surface area contributed by atoms with Crippen LogP contribution in [-0.2, 0) is 9.59 Å². The Morgan fingerprint density at radius 3 is 2.58 bits per heavy atom. The third kappa shape index (κ3) is 1.88. The number of aliphatic carboxylic acids is 1. The molecule has 0 aromatic heterocycles. The van der Waals surface area contributed by atoms with Gasteiger partial charge in [0.1, 0.15) is 0 Å². The fourth-order valence-electron chi connectivity index (χ4n) is 4.24. The van der Waals surface area contributed by atoms with E-state index in [1.807, 2.05) is 11.0 Å². The fraction of sp³-hybridized carbons (Fsp3) is 0.733. The van der Waals surface area contributed by atoms with Crippen LogP contribution in [0, 0.1) is 23.7 Å². The van der Waals surface area contributed by atoms with Crippen molar-refractivity contribution in [1.29, 1.82) is 0 Å². The maximum Gasteiger partial charge on any atom is 0.307 e. The smallest absolute Gasteiger partial charge is 0.307 e. The number of carbonyl (C=O) groups is 2. The van der Waals surface area contributed by atoms with E-state index in [1.54, 1.807) is 0 Å². The van der Waals surface area contributed by atoms with Crippen molar-refractivity contribution < 1.29 is 14.7 Å². The first kappa shape index (κ1) is 12.7. The van der Waals surface area contributed by atoms with Crippen molar-refractivity contribution in [2.75, 3.05) is 6.54 Å². The van der Waals surface area contributed by atoms with Gasteiger partial charge >= 0.3 is 5.97 Å². The number of carboxylic acid groups (broad SMARTS) is 1. The van der Waals surface area contributed by atoms with Gasteiger partial charge in [0.25, 0.3) is 0 Å². The van der Waals surface area contributed by atoms with Crippen molar-refractivity contribution in [3.05, 3.63) is 12.2 Å². The van der Waals surface area contributed by atoms with E-state index >= 15 is 0 Å². The predicted molar refractivity (Wildman–Crippen MR) is 70.4 cm³/mol. The zero-order chi connectivity index (χ0) is 13.6. The molecule has 5 atom stereocenters. The largest absolute Gasteiger partial charge is 0.481 e. The topological polar surface area (TPSA) is 57.6 Å². The summed E-state index contributed by atoms with van der Waals surface area (Å²) in [6.07, 6.45) is 7.99. The monoisotopic (exact) mass is 263 g/mol. The Morgan fingerprint density at radius 1 is 1.26 bits per heavy atom. The second-order valence-corrected chi connectivity index (χ2v) is 6.07. The maximum absolute atomic E-state index is 12.8. The summed E-state index contributed by atoms with van der Waals surface area (Å²) < 4.78 is 0. The van der Waals surface area contributed by atoms with Crippen LogP contribution in [0.25, 0.3) is 0 Å². The lowest BCUT2D eigenvalue weighted by molar-refractivity contribution is -0.151. The molecule has 4 heteroatoms. The van der Waals surface area contributed by atoms with E-state index < -0.39 is 11.9 Å². The van der Waals surface area contributed by atoms with Gasteiger partial charge in [-0.15, -0.1) is 0 Å². The Kier molecular flexibility index (Phi) is 3.11. The number of nitrogens with zero attached hydrogens (tertiary/aromatic N) is 1. The van der Waals surface area contributed by atoms with Gasteiger partial charge in [-0.2, -0.15) is 0 Å². The minimum Gasteiger partial charge on any atom is -0.481 e. The zero-order valence-electron chi connectivity index (χ0n) is 11.3. The highest BCUT2D eigenvalue weighted by molar-refractivity contribution is 5.87. The molecule has 104 valence electrons. The van der Waals surface area contributed by atoms with Crippen LogP contribution in [0.3, 0.4) is 0 Å². The van der Waals surface area contributed by atoms with E-state index in [9.17, 15) is 14.7 Å². The van der Waals surface area contributed by atoms with Crippen LogP contribution in [0.4, 0.5) is 0 Å². The molecule has 3 aliphatic rings. The van der Waals surface area contributed by atoms with Crippen LogP contribution in [0.15, 0.2) is 12.2 Å². The molecule has 1 N–H and O–H groups in total. The molecule has 1 saturated heterocycles. The van der Waals surface area contributed by atoms with E-state index in [0.29, 0.717) is 6.04 Å². The van der Waals surface area contributed by atoms with Crippen LogP contribution < -0.4 is 0 Å². The first-order valence-electron chi connectivity index (χ1n) is 7.35. The van der Waals surface area contributed by atoms with Gasteiger partial charge in [0.2, 0.25) is 5.91 Å². The fourth-order valence-corrected chi connectivity index (χ4v) is 4.24. The lowest BCUT2D eigenvalue weighted by atomic mass is 9.82. The van der Waals surface area contributed by atoms with Gasteiger partial charge in [-0.1, -0.05) is 19.1 Å². The molecule has 3 rings (SSSR count). The van der Waals surface area contributed by atoms with Gasteiger partial charge in [0.05, 0.1) is 11.8 Å². The molecular formula is C15H21NO3. The van der Waals surface area contributed by atoms with Crippen molar-refractivity contribution in [3.8, 4) is 0 Å². The van der Waals surface area contributed by atoms with Crippen molar-refractivity contribution in [2.24, 2.45) is 23.7 Å². The summed E-state index contributed by atoms with van der Waals surface area (Å²) in [5.74, 6) is -1.31. The number of allylic oxidation sites excluding steroid dienone is 2. The molecule has 1 heterocycles. The summed E-state index contributed by atoms with van der Waals surface area (Å²) in [4.78, 5) is 26.2. The standard InChI is InChI=1S/C15H21NO3/c1-2-11-4-3-7-16(11)14(17)12-9-5-6-10(8-9)13(12)15(18)19/h5-6,9-13H,2-4,7-8H2,1H3,(H,18,19). The van der Waals surface area contributed by atoms with Crippen molar-refractivity contribution >= 4 is 11.9 Å². The average Bonchev–Trinajstić information content (AvgIpc) is 3.10. The van der Waals surface area contributed by atoms with E-state index in [-0.39, 0.29) is 23.7 Å². The Morgan fingerprint density at radius 2 is 1.95 bits per heavy atom. The van der Waals surface area contributed by atoms with Gasteiger partial charge < -0.3 is 10.0 Å². The van der Waals surface area contributed by atoms with E-state index in [4.69, 9.17) is 0 Å². The molecular weight excluding hydrogens is 242 g/mol. The molecule has 2 fully saturated rings. The first-order valence-corrected chi connectivity index (χ1v) is 7.35. The molecule has 4 nitrogen and oxygen atoms in total. The van der Waals surface area contributed by atoms with Crippen LogP contribution in [0.2, 0.25) is 0 Å². The Labute approximate surface area is 113 Å².